The first-order valence-corrected chi connectivity index (χ1v) is 11.3. The number of anilines is 2. The Morgan fingerprint density at radius 1 is 1.18 bits per heavy atom. The van der Waals surface area contributed by atoms with Crippen molar-refractivity contribution in [3.63, 3.8) is 0 Å². The molecule has 0 bridgehead atoms. The highest BCUT2D eigenvalue weighted by Crippen LogP contribution is 2.25. The number of nitrogens with zero attached hydrogens (tertiary/aromatic N) is 6. The molecule has 0 saturated heterocycles. The molecule has 0 fully saturated rings. The molecule has 0 unspecified atom stereocenters. The van der Waals surface area contributed by atoms with Crippen molar-refractivity contribution in [2.75, 3.05) is 16.8 Å². The lowest BCUT2D eigenvalue weighted by atomic mass is 9.96. The summed E-state index contributed by atoms with van der Waals surface area (Å²) in [5.74, 6) is -0.200. The van der Waals surface area contributed by atoms with E-state index in [0.29, 0.717) is 37.0 Å². The summed E-state index contributed by atoms with van der Waals surface area (Å²) in [5, 5.41) is 10.6. The van der Waals surface area contributed by atoms with Crippen molar-refractivity contribution >= 4 is 30.1 Å². The van der Waals surface area contributed by atoms with E-state index in [2.05, 4.69) is 37.4 Å². The molecule has 1 N–H and O–H groups in total. The van der Waals surface area contributed by atoms with E-state index in [1.54, 1.807) is 48.9 Å². The van der Waals surface area contributed by atoms with Crippen molar-refractivity contribution in [1.29, 1.82) is 0 Å². The van der Waals surface area contributed by atoms with Gasteiger partial charge < -0.3 is 10.2 Å². The van der Waals surface area contributed by atoms with Crippen LogP contribution in [0.25, 0.3) is 0 Å². The van der Waals surface area contributed by atoms with Gasteiger partial charge in [0.15, 0.2) is 0 Å². The van der Waals surface area contributed by atoms with Gasteiger partial charge in [-0.2, -0.15) is 10.2 Å². The van der Waals surface area contributed by atoms with Gasteiger partial charge in [-0.05, 0) is 60.7 Å². The predicted molar refractivity (Wildman–Crippen MR) is 131 cm³/mol. The van der Waals surface area contributed by atoms with Crippen LogP contribution in [0.3, 0.4) is 0 Å². The summed E-state index contributed by atoms with van der Waals surface area (Å²) in [6.45, 7) is 3.30. The van der Waals surface area contributed by atoms with Gasteiger partial charge >= 0.3 is 0 Å². The number of fused-ring (bicyclic) bond motifs is 1. The second kappa shape index (κ2) is 11.2. The summed E-state index contributed by atoms with van der Waals surface area (Å²) >= 11 is 0. The van der Waals surface area contributed by atoms with Gasteiger partial charge in [-0.15, -0.1) is 0 Å². The van der Waals surface area contributed by atoms with Gasteiger partial charge in [0.1, 0.15) is 11.6 Å². The van der Waals surface area contributed by atoms with E-state index in [1.165, 1.54) is 12.3 Å². The molecule has 0 radical (unpaired) electrons. The Balaban J connectivity index is 1.46. The van der Waals surface area contributed by atoms with Crippen molar-refractivity contribution in [2.24, 2.45) is 10.2 Å². The maximum atomic E-state index is 14.8. The molecular formula is C25H26FN7O. The standard InChI is InChI=1S/C25H26FN7O/c1-2-3-4-12-29-30-16-20-7-5-8-23(31-20)32-24(34)21-14-19-17-33(25-27-10-6-11-28-25)13-9-18(19)15-22(21)26/h5-8,10-12,14-16H,2-4,9,13,17H2,1H3,(H,31,32,34)/b29-12+,30-16+. The average Bonchev–Trinajstić information content (AvgIpc) is 2.86. The first kappa shape index (κ1) is 23.2. The Morgan fingerprint density at radius 3 is 2.85 bits per heavy atom. The van der Waals surface area contributed by atoms with E-state index in [0.717, 1.165) is 30.4 Å². The second-order valence-corrected chi connectivity index (χ2v) is 7.91. The lowest BCUT2D eigenvalue weighted by Gasteiger charge is -2.29. The minimum atomic E-state index is -0.562. The summed E-state index contributed by atoms with van der Waals surface area (Å²) in [6, 6.07) is 9.94. The van der Waals surface area contributed by atoms with Crippen LogP contribution in [0.5, 0.6) is 0 Å². The SMILES string of the molecule is CCCC/C=N/N=C/c1cccc(NC(=O)c2cc3c(cc2F)CCN(c2ncccn2)C3)n1. The minimum absolute atomic E-state index is 0.0315. The van der Waals surface area contributed by atoms with E-state index < -0.39 is 11.7 Å². The summed E-state index contributed by atoms with van der Waals surface area (Å²) in [6.07, 6.45) is 10.3. The number of pyridine rings is 1. The fourth-order valence-corrected chi connectivity index (χ4v) is 3.65. The zero-order chi connectivity index (χ0) is 23.8. The molecule has 8 nitrogen and oxygen atoms in total. The van der Waals surface area contributed by atoms with Crippen molar-refractivity contribution in [3.05, 3.63) is 77.0 Å². The number of hydrogen-bond donors (Lipinski definition) is 1. The molecule has 0 atom stereocenters. The van der Waals surface area contributed by atoms with Crippen LogP contribution in [-0.2, 0) is 13.0 Å². The van der Waals surface area contributed by atoms with E-state index in [4.69, 9.17) is 0 Å². The first-order chi connectivity index (χ1) is 16.6. The van der Waals surface area contributed by atoms with Crippen LogP contribution in [0.1, 0.15) is 53.4 Å². The number of amides is 1. The van der Waals surface area contributed by atoms with Gasteiger partial charge in [-0.1, -0.05) is 19.4 Å². The van der Waals surface area contributed by atoms with Crippen LogP contribution in [-0.4, -0.2) is 39.8 Å². The maximum absolute atomic E-state index is 14.8. The molecule has 174 valence electrons. The van der Waals surface area contributed by atoms with Crippen LogP contribution in [0.2, 0.25) is 0 Å². The van der Waals surface area contributed by atoms with Gasteiger partial charge in [0.25, 0.3) is 5.91 Å². The maximum Gasteiger partial charge on any atom is 0.259 e. The summed E-state index contributed by atoms with van der Waals surface area (Å²) in [7, 11) is 0. The summed E-state index contributed by atoms with van der Waals surface area (Å²) < 4.78 is 14.8. The normalized spacial score (nSPS) is 13.4. The molecule has 1 aliphatic heterocycles. The molecule has 0 saturated carbocycles. The summed E-state index contributed by atoms with van der Waals surface area (Å²) in [4.78, 5) is 27.8. The Kier molecular flexibility index (Phi) is 7.64. The molecular weight excluding hydrogens is 433 g/mol. The van der Waals surface area contributed by atoms with Crippen LogP contribution in [0.4, 0.5) is 16.2 Å². The number of aromatic nitrogens is 3. The highest BCUT2D eigenvalue weighted by molar-refractivity contribution is 6.04. The Hall–Kier alpha value is -4.01. The molecule has 2 aromatic heterocycles. The number of hydrogen-bond acceptors (Lipinski definition) is 7. The fourth-order valence-electron chi connectivity index (χ4n) is 3.65. The largest absolute Gasteiger partial charge is 0.336 e. The highest BCUT2D eigenvalue weighted by Gasteiger charge is 2.22. The van der Waals surface area contributed by atoms with Gasteiger partial charge in [-0.3, -0.25) is 4.79 Å². The van der Waals surface area contributed by atoms with Crippen LogP contribution < -0.4 is 10.2 Å². The van der Waals surface area contributed by atoms with E-state index >= 15 is 0 Å². The van der Waals surface area contributed by atoms with Gasteiger partial charge in [0.2, 0.25) is 5.95 Å². The molecule has 3 heterocycles. The topological polar surface area (TPSA) is 95.7 Å². The molecule has 4 rings (SSSR count). The van der Waals surface area contributed by atoms with Gasteiger partial charge in [0.05, 0.1) is 17.5 Å². The van der Waals surface area contributed by atoms with Gasteiger partial charge in [0, 0.05) is 31.7 Å². The molecule has 0 spiro atoms. The molecule has 1 amide bonds. The van der Waals surface area contributed by atoms with E-state index in [9.17, 15) is 9.18 Å². The van der Waals surface area contributed by atoms with E-state index in [-0.39, 0.29) is 5.56 Å². The molecule has 0 aliphatic carbocycles. The predicted octanol–water partition coefficient (Wildman–Crippen LogP) is 4.42. The third kappa shape index (κ3) is 5.86. The van der Waals surface area contributed by atoms with Gasteiger partial charge in [-0.25, -0.2) is 19.3 Å². The van der Waals surface area contributed by atoms with Crippen LogP contribution in [0, 0.1) is 5.82 Å². The smallest absolute Gasteiger partial charge is 0.259 e. The minimum Gasteiger partial charge on any atom is -0.336 e. The Labute approximate surface area is 197 Å². The monoisotopic (exact) mass is 459 g/mol. The zero-order valence-electron chi connectivity index (χ0n) is 19.0. The number of carbonyl (C=O) groups is 1. The van der Waals surface area contributed by atoms with Crippen molar-refractivity contribution in [2.45, 2.75) is 39.2 Å². The number of unbranched alkanes of at least 4 members (excludes halogenated alkanes) is 2. The quantitative estimate of drug-likeness (QED) is 0.306. The fraction of sp³-hybridized carbons (Fsp3) is 0.280. The summed E-state index contributed by atoms with van der Waals surface area (Å²) in [5.41, 5.74) is 2.27. The third-order valence-electron chi connectivity index (χ3n) is 5.42. The van der Waals surface area contributed by atoms with Crippen molar-refractivity contribution in [1.82, 2.24) is 15.0 Å². The molecule has 9 heteroatoms. The highest BCUT2D eigenvalue weighted by atomic mass is 19.1. The van der Waals surface area contributed by atoms with E-state index in [1.807, 2.05) is 4.90 Å². The molecule has 1 aliphatic rings. The van der Waals surface area contributed by atoms with Crippen molar-refractivity contribution < 1.29 is 9.18 Å². The van der Waals surface area contributed by atoms with Crippen molar-refractivity contribution in [3.8, 4) is 0 Å². The average molecular weight is 460 g/mol. The molecule has 1 aromatic carbocycles. The zero-order valence-corrected chi connectivity index (χ0v) is 19.0. The second-order valence-electron chi connectivity index (χ2n) is 7.91. The lowest BCUT2D eigenvalue weighted by molar-refractivity contribution is 0.102. The van der Waals surface area contributed by atoms with Crippen LogP contribution in [0.15, 0.2) is 59.0 Å². The van der Waals surface area contributed by atoms with Crippen LogP contribution >= 0.6 is 0 Å². The number of rotatable bonds is 8. The lowest BCUT2D eigenvalue weighted by Crippen LogP contribution is -2.32. The number of halogens is 1. The Morgan fingerprint density at radius 2 is 2.03 bits per heavy atom. The molecule has 3 aromatic rings. The number of nitrogens with one attached hydrogen (secondary N) is 1. The number of benzene rings is 1. The Bertz CT molecular complexity index is 1200. The first-order valence-electron chi connectivity index (χ1n) is 11.3. The molecule has 34 heavy (non-hydrogen) atoms. The number of carbonyl (C=O) groups excluding carboxylic acids is 1. The third-order valence-corrected chi connectivity index (χ3v) is 5.42.